The molecular formula is C13H15N3O2S. The van der Waals surface area contributed by atoms with Crippen molar-refractivity contribution in [3.8, 4) is 5.75 Å². The number of rotatable bonds is 1. The lowest BCUT2D eigenvalue weighted by molar-refractivity contribution is -0.132. The normalized spacial score (nSPS) is 25.5. The summed E-state index contributed by atoms with van der Waals surface area (Å²) in [6.45, 7) is 1.94. The van der Waals surface area contributed by atoms with Crippen molar-refractivity contribution in [2.45, 2.75) is 29.5 Å². The van der Waals surface area contributed by atoms with E-state index in [0.717, 1.165) is 28.5 Å². The van der Waals surface area contributed by atoms with Gasteiger partial charge in [0.2, 0.25) is 0 Å². The number of hydrogen-bond acceptors (Lipinski definition) is 5. The number of nitrogens with zero attached hydrogens (tertiary/aromatic N) is 2. The van der Waals surface area contributed by atoms with E-state index >= 15 is 0 Å². The number of thioether (sulfide) groups is 1. The molecule has 2 heterocycles. The maximum Gasteiger partial charge on any atom is 0.255 e. The number of ether oxygens (including phenoxy) is 1. The zero-order chi connectivity index (χ0) is 13.6. The Morgan fingerprint density at radius 1 is 1.53 bits per heavy atom. The summed E-state index contributed by atoms with van der Waals surface area (Å²) in [5.41, 5.74) is 1.82. The van der Waals surface area contributed by atoms with Crippen molar-refractivity contribution in [2.24, 2.45) is 10.8 Å². The van der Waals surface area contributed by atoms with Crippen LogP contribution in [0.2, 0.25) is 0 Å². The summed E-state index contributed by atoms with van der Waals surface area (Å²) in [6, 6.07) is 5.72. The smallest absolute Gasteiger partial charge is 0.255 e. The van der Waals surface area contributed by atoms with E-state index in [4.69, 9.17) is 10.6 Å². The summed E-state index contributed by atoms with van der Waals surface area (Å²) >= 11 is 1.50. The third kappa shape index (κ3) is 2.01. The quantitative estimate of drug-likeness (QED) is 0.627. The highest BCUT2D eigenvalue weighted by Crippen LogP contribution is 2.42. The van der Waals surface area contributed by atoms with Gasteiger partial charge in [-0.3, -0.25) is 14.8 Å². The number of hydrogen-bond donors (Lipinski definition) is 1. The van der Waals surface area contributed by atoms with Gasteiger partial charge in [0.1, 0.15) is 11.0 Å². The van der Waals surface area contributed by atoms with Crippen molar-refractivity contribution in [3.63, 3.8) is 0 Å². The molecule has 100 valence electrons. The number of methoxy groups -OCH3 is 1. The first-order valence-electron chi connectivity index (χ1n) is 6.10. The SMILES string of the molecule is COc1ccc2c(c1)SC1C(=O)N(N)C(C)CC1=N2. The molecule has 1 amide bonds. The molecule has 19 heavy (non-hydrogen) atoms. The minimum Gasteiger partial charge on any atom is -0.497 e. The predicted octanol–water partition coefficient (Wildman–Crippen LogP) is 1.74. The van der Waals surface area contributed by atoms with Crippen LogP contribution < -0.4 is 10.6 Å². The van der Waals surface area contributed by atoms with Gasteiger partial charge in [-0.2, -0.15) is 0 Å². The Morgan fingerprint density at radius 3 is 3.05 bits per heavy atom. The molecule has 0 aromatic heterocycles. The van der Waals surface area contributed by atoms with Gasteiger partial charge < -0.3 is 4.74 Å². The number of nitrogens with two attached hydrogens (primary N) is 1. The van der Waals surface area contributed by atoms with Crippen LogP contribution >= 0.6 is 11.8 Å². The molecule has 0 spiro atoms. The summed E-state index contributed by atoms with van der Waals surface area (Å²) in [6.07, 6.45) is 0.728. The molecule has 1 aromatic carbocycles. The lowest BCUT2D eigenvalue weighted by atomic mass is 10.0. The summed E-state index contributed by atoms with van der Waals surface area (Å²) in [4.78, 5) is 17.8. The highest BCUT2D eigenvalue weighted by atomic mass is 32.2. The lowest BCUT2D eigenvalue weighted by Gasteiger charge is -2.36. The van der Waals surface area contributed by atoms with E-state index in [1.54, 1.807) is 7.11 Å². The molecule has 2 aliphatic rings. The number of benzene rings is 1. The molecule has 0 aliphatic carbocycles. The highest BCUT2D eigenvalue weighted by Gasteiger charge is 2.39. The van der Waals surface area contributed by atoms with Crippen LogP contribution in [-0.4, -0.2) is 35.0 Å². The van der Waals surface area contributed by atoms with Gasteiger partial charge in [0.15, 0.2) is 0 Å². The van der Waals surface area contributed by atoms with Gasteiger partial charge >= 0.3 is 0 Å². The molecule has 0 saturated carbocycles. The largest absolute Gasteiger partial charge is 0.497 e. The molecule has 2 N–H and O–H groups in total. The summed E-state index contributed by atoms with van der Waals surface area (Å²) < 4.78 is 5.20. The van der Waals surface area contributed by atoms with Crippen LogP contribution in [0.15, 0.2) is 28.1 Å². The molecule has 0 bridgehead atoms. The van der Waals surface area contributed by atoms with Gasteiger partial charge in [-0.15, -0.1) is 11.8 Å². The molecule has 2 atom stereocenters. The van der Waals surface area contributed by atoms with Crippen LogP contribution in [0.3, 0.4) is 0 Å². The molecule has 3 rings (SSSR count). The number of aliphatic imine (C=N–C) groups is 1. The van der Waals surface area contributed by atoms with Crippen LogP contribution in [0.4, 0.5) is 5.69 Å². The van der Waals surface area contributed by atoms with Gasteiger partial charge in [0.05, 0.1) is 18.8 Å². The lowest BCUT2D eigenvalue weighted by Crippen LogP contribution is -2.56. The molecule has 1 saturated heterocycles. The number of hydrazine groups is 1. The first-order valence-corrected chi connectivity index (χ1v) is 6.98. The van der Waals surface area contributed by atoms with Gasteiger partial charge in [0, 0.05) is 17.0 Å². The van der Waals surface area contributed by atoms with Crippen LogP contribution in [0.1, 0.15) is 13.3 Å². The average molecular weight is 277 g/mol. The van der Waals surface area contributed by atoms with Crippen molar-refractivity contribution < 1.29 is 9.53 Å². The minimum absolute atomic E-state index is 0.00268. The number of fused-ring (bicyclic) bond motifs is 2. The number of amides is 1. The predicted molar refractivity (Wildman–Crippen MR) is 74.8 cm³/mol. The second kappa shape index (κ2) is 4.54. The Labute approximate surface area is 115 Å². The Morgan fingerprint density at radius 2 is 2.32 bits per heavy atom. The third-order valence-corrected chi connectivity index (χ3v) is 4.73. The fraction of sp³-hybridized carbons (Fsp3) is 0.385. The Bertz CT molecular complexity index is 573. The molecule has 0 radical (unpaired) electrons. The fourth-order valence-electron chi connectivity index (χ4n) is 2.32. The van der Waals surface area contributed by atoms with E-state index in [-0.39, 0.29) is 17.2 Å². The maximum absolute atomic E-state index is 12.2. The third-order valence-electron chi connectivity index (χ3n) is 3.44. The average Bonchev–Trinajstić information content (AvgIpc) is 2.43. The van der Waals surface area contributed by atoms with Gasteiger partial charge in [-0.05, 0) is 25.1 Å². The molecule has 2 unspecified atom stereocenters. The molecule has 1 aromatic rings. The Balaban J connectivity index is 2.01. The van der Waals surface area contributed by atoms with E-state index in [2.05, 4.69) is 4.99 Å². The van der Waals surface area contributed by atoms with Crippen molar-refractivity contribution in [1.29, 1.82) is 0 Å². The number of carbonyl (C=O) groups is 1. The summed E-state index contributed by atoms with van der Waals surface area (Å²) in [5, 5.41) is 1.03. The molecular weight excluding hydrogens is 262 g/mol. The van der Waals surface area contributed by atoms with Crippen LogP contribution in [0.5, 0.6) is 5.75 Å². The van der Waals surface area contributed by atoms with Gasteiger partial charge in [-0.1, -0.05) is 0 Å². The van der Waals surface area contributed by atoms with E-state index in [0.29, 0.717) is 0 Å². The van der Waals surface area contributed by atoms with E-state index in [1.165, 1.54) is 16.8 Å². The Kier molecular flexibility index (Phi) is 2.99. The molecule has 6 heteroatoms. The van der Waals surface area contributed by atoms with Crippen molar-refractivity contribution in [1.82, 2.24) is 5.01 Å². The van der Waals surface area contributed by atoms with E-state index in [1.807, 2.05) is 25.1 Å². The van der Waals surface area contributed by atoms with Gasteiger partial charge in [0.25, 0.3) is 5.91 Å². The first kappa shape index (κ1) is 12.5. The van der Waals surface area contributed by atoms with Crippen LogP contribution in [-0.2, 0) is 4.79 Å². The zero-order valence-electron chi connectivity index (χ0n) is 10.8. The van der Waals surface area contributed by atoms with Crippen molar-refractivity contribution in [2.75, 3.05) is 7.11 Å². The molecule has 2 aliphatic heterocycles. The number of carbonyl (C=O) groups excluding carboxylic acids is 1. The topological polar surface area (TPSA) is 67.9 Å². The highest BCUT2D eigenvalue weighted by molar-refractivity contribution is 8.01. The molecule has 5 nitrogen and oxygen atoms in total. The first-order chi connectivity index (χ1) is 9.10. The van der Waals surface area contributed by atoms with Gasteiger partial charge in [-0.25, -0.2) is 5.84 Å². The summed E-state index contributed by atoms with van der Waals surface area (Å²) in [7, 11) is 1.62. The fourth-order valence-corrected chi connectivity index (χ4v) is 3.50. The minimum atomic E-state index is -0.291. The summed E-state index contributed by atoms with van der Waals surface area (Å²) in [5.74, 6) is 6.49. The monoisotopic (exact) mass is 277 g/mol. The molecule has 1 fully saturated rings. The Hall–Kier alpha value is -1.53. The standard InChI is InChI=1S/C13H15N3O2S/c1-7-5-10-12(13(17)16(7)14)19-11-6-8(18-2)3-4-9(11)15-10/h3-4,6-7,12H,5,14H2,1-2H3. The van der Waals surface area contributed by atoms with Crippen LogP contribution in [0, 0.1) is 0 Å². The van der Waals surface area contributed by atoms with E-state index < -0.39 is 0 Å². The number of piperidine rings is 1. The van der Waals surface area contributed by atoms with E-state index in [9.17, 15) is 4.79 Å². The maximum atomic E-state index is 12.2. The van der Waals surface area contributed by atoms with Crippen LogP contribution in [0.25, 0.3) is 0 Å². The second-order valence-electron chi connectivity index (χ2n) is 4.73. The van der Waals surface area contributed by atoms with Crippen molar-refractivity contribution in [3.05, 3.63) is 18.2 Å². The zero-order valence-corrected chi connectivity index (χ0v) is 11.6. The van der Waals surface area contributed by atoms with Crippen molar-refractivity contribution >= 4 is 29.1 Å². The second-order valence-corrected chi connectivity index (χ2v) is 5.88.